The highest BCUT2D eigenvalue weighted by molar-refractivity contribution is 5.79. The normalized spacial score (nSPS) is 11.8. The summed E-state index contributed by atoms with van der Waals surface area (Å²) in [6.07, 6.45) is 0. The number of aromatic nitrogens is 2. The number of hydrogen-bond acceptors (Lipinski definition) is 8. The van der Waals surface area contributed by atoms with Crippen molar-refractivity contribution in [3.05, 3.63) is 99.8 Å². The first-order valence-corrected chi connectivity index (χ1v) is 13.5. The van der Waals surface area contributed by atoms with E-state index in [1.807, 2.05) is 98.4 Å². The molecule has 0 bridgehead atoms. The lowest BCUT2D eigenvalue weighted by Crippen LogP contribution is -2.72. The zero-order valence-electron chi connectivity index (χ0n) is 23.0. The Balaban J connectivity index is 0.000000714. The molecular weight excluding hydrogens is 554 g/mol. The first kappa shape index (κ1) is 29.6. The smallest absolute Gasteiger partial charge is 0.343 e. The Kier molecular flexibility index (Phi) is 8.66. The molecule has 2 aromatic heterocycles. The van der Waals surface area contributed by atoms with Crippen molar-refractivity contribution in [1.82, 2.24) is 9.36 Å². The number of methoxy groups -OCH3 is 2. The molecule has 11 nitrogen and oxygen atoms in total. The van der Waals surface area contributed by atoms with Gasteiger partial charge in [0.1, 0.15) is 17.0 Å². The van der Waals surface area contributed by atoms with Crippen LogP contribution in [-0.2, 0) is 7.05 Å². The van der Waals surface area contributed by atoms with Gasteiger partial charge in [-0.05, 0) is 56.3 Å². The van der Waals surface area contributed by atoms with Gasteiger partial charge in [-0.3, -0.25) is 9.48 Å². The molecule has 0 aliphatic rings. The van der Waals surface area contributed by atoms with Crippen LogP contribution in [-0.4, -0.2) is 23.6 Å². The fourth-order valence-electron chi connectivity index (χ4n) is 4.38. The van der Waals surface area contributed by atoms with Crippen LogP contribution in [0.3, 0.4) is 0 Å². The van der Waals surface area contributed by atoms with Crippen molar-refractivity contribution in [2.45, 2.75) is 13.8 Å². The Morgan fingerprint density at radius 2 is 1.51 bits per heavy atom. The van der Waals surface area contributed by atoms with Gasteiger partial charge in [-0.1, -0.05) is 29.8 Å². The zero-order valence-corrected chi connectivity index (χ0v) is 23.7. The van der Waals surface area contributed by atoms with Crippen LogP contribution in [0.2, 0.25) is 0 Å². The summed E-state index contributed by atoms with van der Waals surface area (Å²) in [4.78, 5) is 17.0. The lowest BCUT2D eigenvalue weighted by Gasteiger charge is -2.17. The summed E-state index contributed by atoms with van der Waals surface area (Å²) >= 11 is 0. The standard InChI is InChI=1S/C29H27N3O4.ClHO4/c1-18-11-13-24-22(15-18)23(17-26(36-24)20-12-14-25(34-4)27(16-20)35-5)30-28-19(2)31(3)32(29(28)33)21-9-7-6-8-10-21;2-1(3,4)5/h6-17H,1-5H3;(H,2,3,4,5). The van der Waals surface area contributed by atoms with E-state index in [2.05, 4.69) is 4.99 Å². The van der Waals surface area contributed by atoms with Crippen LogP contribution in [0.5, 0.6) is 11.5 Å². The van der Waals surface area contributed by atoms with Gasteiger partial charge < -0.3 is 13.9 Å². The SMILES string of the molecule is COc1ccc(-c2cc(=[NH+]c3c(C)n(C)n(-c4ccccc4)c3=O)c3cc(C)ccc3o2)cc1OC.[O-][Cl+3]([O-])([O-])[O-]. The molecule has 0 amide bonds. The molecule has 41 heavy (non-hydrogen) atoms. The van der Waals surface area contributed by atoms with E-state index in [4.69, 9.17) is 32.5 Å². The van der Waals surface area contributed by atoms with Gasteiger partial charge in [-0.15, -0.1) is 10.2 Å². The zero-order chi connectivity index (χ0) is 29.9. The summed E-state index contributed by atoms with van der Waals surface area (Å²) in [7, 11) is 0.143. The molecule has 0 atom stereocenters. The molecule has 5 aromatic rings. The molecule has 0 radical (unpaired) electrons. The maximum atomic E-state index is 13.6. The molecule has 0 saturated carbocycles. The van der Waals surface area contributed by atoms with E-state index in [-0.39, 0.29) is 5.56 Å². The molecule has 0 aliphatic carbocycles. The van der Waals surface area contributed by atoms with Crippen LogP contribution in [0.4, 0.5) is 5.69 Å². The maximum Gasteiger partial charge on any atom is 0.343 e. The monoisotopic (exact) mass is 581 g/mol. The number of rotatable bonds is 5. The van der Waals surface area contributed by atoms with Crippen LogP contribution < -0.4 is 44.0 Å². The Bertz CT molecular complexity index is 1810. The molecule has 0 aliphatic heterocycles. The Morgan fingerprint density at radius 1 is 0.854 bits per heavy atom. The molecule has 5 rings (SSSR count). The van der Waals surface area contributed by atoms with Gasteiger partial charge in [0.05, 0.1) is 31.4 Å². The van der Waals surface area contributed by atoms with E-state index in [0.717, 1.165) is 33.3 Å². The maximum absolute atomic E-state index is 13.6. The van der Waals surface area contributed by atoms with Crippen LogP contribution in [0.15, 0.2) is 82.0 Å². The summed E-state index contributed by atoms with van der Waals surface area (Å²) in [5.41, 5.74) is 4.61. The number of fused-ring (bicyclic) bond motifs is 1. The average Bonchev–Trinajstić information content (AvgIpc) is 3.15. The van der Waals surface area contributed by atoms with Gasteiger partial charge in [0.15, 0.2) is 11.5 Å². The molecule has 0 fully saturated rings. The second-order valence-electron chi connectivity index (χ2n) is 9.03. The van der Waals surface area contributed by atoms with Gasteiger partial charge in [-0.25, -0.2) is 23.3 Å². The van der Waals surface area contributed by atoms with Gasteiger partial charge >= 0.3 is 5.56 Å². The van der Waals surface area contributed by atoms with Crippen molar-refractivity contribution in [1.29, 1.82) is 0 Å². The van der Waals surface area contributed by atoms with Gasteiger partial charge in [-0.2, -0.15) is 4.99 Å². The van der Waals surface area contributed by atoms with E-state index >= 15 is 0 Å². The van der Waals surface area contributed by atoms with Crippen molar-refractivity contribution in [3.63, 3.8) is 0 Å². The highest BCUT2D eigenvalue weighted by Gasteiger charge is 2.21. The van der Waals surface area contributed by atoms with E-state index in [1.54, 1.807) is 18.9 Å². The predicted octanol–water partition coefficient (Wildman–Crippen LogP) is -1.22. The Hall–Kier alpha value is -4.39. The third kappa shape index (κ3) is 6.68. The molecule has 214 valence electrons. The lowest BCUT2D eigenvalue weighted by molar-refractivity contribution is -2.00. The van der Waals surface area contributed by atoms with Crippen molar-refractivity contribution < 1.29 is 47.8 Å². The number of nitrogens with one attached hydrogen (secondary N) is 1. The summed E-state index contributed by atoms with van der Waals surface area (Å²) in [6.45, 7) is 3.96. The van der Waals surface area contributed by atoms with E-state index < -0.39 is 10.2 Å². The third-order valence-electron chi connectivity index (χ3n) is 6.40. The van der Waals surface area contributed by atoms with Gasteiger partial charge in [0.25, 0.3) is 5.69 Å². The summed E-state index contributed by atoms with van der Waals surface area (Å²) < 4.78 is 54.6. The number of nitrogens with zero attached hydrogens (tertiary/aromatic N) is 2. The summed E-state index contributed by atoms with van der Waals surface area (Å²) in [5.74, 6) is 1.87. The Labute approximate surface area is 237 Å². The fourth-order valence-corrected chi connectivity index (χ4v) is 4.38. The number of benzene rings is 3. The Morgan fingerprint density at radius 3 is 2.15 bits per heavy atom. The topological polar surface area (TPSA) is 165 Å². The number of hydrogen-bond donors (Lipinski definition) is 1. The largest absolute Gasteiger partial charge is 0.493 e. The molecule has 1 N–H and O–H groups in total. The molecule has 0 spiro atoms. The number of para-hydroxylation sites is 1. The summed E-state index contributed by atoms with van der Waals surface area (Å²) in [6, 6.07) is 23.2. The van der Waals surface area contributed by atoms with Gasteiger partial charge in [0.2, 0.25) is 5.36 Å². The number of ether oxygens (including phenoxy) is 2. The minimum atomic E-state index is -4.94. The highest BCUT2D eigenvalue weighted by atomic mass is 35.7. The molecule has 0 saturated heterocycles. The molecule has 3 aromatic carbocycles. The fraction of sp³-hybridized carbons (Fsp3) is 0.172. The second kappa shape index (κ2) is 12.0. The molecule has 2 heterocycles. The van der Waals surface area contributed by atoms with Crippen LogP contribution in [0.25, 0.3) is 28.0 Å². The molecule has 0 unspecified atom stereocenters. The number of halogens is 1. The predicted molar refractivity (Wildman–Crippen MR) is 139 cm³/mol. The number of aryl methyl sites for hydroxylation is 1. The minimum Gasteiger partial charge on any atom is -0.493 e. The van der Waals surface area contributed by atoms with Crippen molar-refractivity contribution in [2.24, 2.45) is 7.05 Å². The lowest BCUT2D eigenvalue weighted by atomic mass is 10.1. The molecular formula is C29H28ClN3O8. The van der Waals surface area contributed by atoms with Crippen molar-refractivity contribution in [3.8, 4) is 28.5 Å². The average molecular weight is 582 g/mol. The second-order valence-corrected chi connectivity index (χ2v) is 9.79. The summed E-state index contributed by atoms with van der Waals surface area (Å²) in [5, 5.41) is 1.66. The minimum absolute atomic E-state index is 0.129. The van der Waals surface area contributed by atoms with E-state index in [0.29, 0.717) is 28.5 Å². The van der Waals surface area contributed by atoms with Crippen LogP contribution in [0.1, 0.15) is 11.3 Å². The van der Waals surface area contributed by atoms with E-state index in [1.165, 1.54) is 0 Å². The van der Waals surface area contributed by atoms with Crippen LogP contribution in [0, 0.1) is 24.1 Å². The first-order valence-electron chi connectivity index (χ1n) is 12.2. The molecule has 12 heteroatoms. The quantitative estimate of drug-likeness (QED) is 0.270. The van der Waals surface area contributed by atoms with E-state index in [9.17, 15) is 4.79 Å². The van der Waals surface area contributed by atoms with Crippen molar-refractivity contribution >= 4 is 16.7 Å². The van der Waals surface area contributed by atoms with Gasteiger partial charge in [0, 0.05) is 12.6 Å². The van der Waals surface area contributed by atoms with Crippen molar-refractivity contribution in [2.75, 3.05) is 14.2 Å². The first-order chi connectivity index (χ1) is 19.4. The van der Waals surface area contributed by atoms with Crippen LogP contribution >= 0.6 is 0 Å². The highest BCUT2D eigenvalue weighted by Crippen LogP contribution is 2.32. The third-order valence-corrected chi connectivity index (χ3v) is 6.40.